The fraction of sp³-hybridized carbons (Fsp3) is 0.294. The molecular formula is C17H18O2S. The summed E-state index contributed by atoms with van der Waals surface area (Å²) in [5, 5.41) is 0. The van der Waals surface area contributed by atoms with Gasteiger partial charge in [-0.3, -0.25) is 0 Å². The SMILES string of the molecule is CC1CCCc2cc(S(=O)(=O)c3ccccc3)ccc21. The maximum absolute atomic E-state index is 12.6. The monoisotopic (exact) mass is 286 g/mol. The number of hydrogen-bond acceptors (Lipinski definition) is 2. The van der Waals surface area contributed by atoms with Crippen LogP contribution in [0.2, 0.25) is 0 Å². The quantitative estimate of drug-likeness (QED) is 0.837. The van der Waals surface area contributed by atoms with Crippen LogP contribution in [0, 0.1) is 0 Å². The minimum Gasteiger partial charge on any atom is -0.219 e. The normalized spacial score (nSPS) is 18.6. The summed E-state index contributed by atoms with van der Waals surface area (Å²) in [4.78, 5) is 0.778. The van der Waals surface area contributed by atoms with Gasteiger partial charge >= 0.3 is 0 Å². The molecule has 1 aliphatic rings. The maximum atomic E-state index is 12.6. The van der Waals surface area contributed by atoms with Gasteiger partial charge in [0, 0.05) is 0 Å². The summed E-state index contributed by atoms with van der Waals surface area (Å²) in [5.41, 5.74) is 2.50. The number of fused-ring (bicyclic) bond motifs is 1. The third kappa shape index (κ3) is 2.27. The smallest absolute Gasteiger partial charge is 0.206 e. The van der Waals surface area contributed by atoms with Gasteiger partial charge in [0.05, 0.1) is 9.79 Å². The maximum Gasteiger partial charge on any atom is 0.206 e. The lowest BCUT2D eigenvalue weighted by Crippen LogP contribution is -2.09. The van der Waals surface area contributed by atoms with E-state index in [9.17, 15) is 8.42 Å². The fourth-order valence-electron chi connectivity index (χ4n) is 2.94. The Labute approximate surface area is 120 Å². The number of rotatable bonds is 2. The molecule has 0 spiro atoms. The van der Waals surface area contributed by atoms with Crippen molar-refractivity contribution in [2.45, 2.75) is 41.9 Å². The molecule has 1 unspecified atom stereocenters. The Hall–Kier alpha value is -1.61. The molecule has 1 aliphatic carbocycles. The molecule has 0 saturated heterocycles. The molecule has 104 valence electrons. The molecule has 2 aromatic rings. The highest BCUT2D eigenvalue weighted by Gasteiger charge is 2.21. The second kappa shape index (κ2) is 5.06. The second-order valence-electron chi connectivity index (χ2n) is 5.47. The molecule has 0 fully saturated rings. The minimum absolute atomic E-state index is 0.365. The fourth-order valence-corrected chi connectivity index (χ4v) is 4.27. The molecule has 3 heteroatoms. The molecule has 0 bridgehead atoms. The van der Waals surface area contributed by atoms with Crippen LogP contribution in [-0.2, 0) is 16.3 Å². The van der Waals surface area contributed by atoms with Gasteiger partial charge in [-0.05, 0) is 60.6 Å². The molecule has 0 aromatic heterocycles. The van der Waals surface area contributed by atoms with Crippen molar-refractivity contribution in [3.63, 3.8) is 0 Å². The number of sulfone groups is 1. The van der Waals surface area contributed by atoms with E-state index in [0.717, 1.165) is 12.8 Å². The van der Waals surface area contributed by atoms with Crippen LogP contribution in [0.15, 0.2) is 58.3 Å². The van der Waals surface area contributed by atoms with E-state index in [2.05, 4.69) is 6.92 Å². The van der Waals surface area contributed by atoms with Gasteiger partial charge in [-0.25, -0.2) is 8.42 Å². The van der Waals surface area contributed by atoms with Crippen molar-refractivity contribution in [2.24, 2.45) is 0 Å². The summed E-state index contributed by atoms with van der Waals surface area (Å²) in [5.74, 6) is 0.534. The molecular weight excluding hydrogens is 268 g/mol. The lowest BCUT2D eigenvalue weighted by molar-refractivity contribution is 0.584. The zero-order chi connectivity index (χ0) is 14.2. The summed E-state index contributed by atoms with van der Waals surface area (Å²) in [7, 11) is -3.39. The number of aryl methyl sites for hydroxylation is 1. The van der Waals surface area contributed by atoms with Crippen LogP contribution >= 0.6 is 0 Å². The lowest BCUT2D eigenvalue weighted by Gasteiger charge is -2.22. The van der Waals surface area contributed by atoms with Gasteiger partial charge in [-0.15, -0.1) is 0 Å². The van der Waals surface area contributed by atoms with E-state index in [4.69, 9.17) is 0 Å². The van der Waals surface area contributed by atoms with E-state index in [1.807, 2.05) is 18.2 Å². The first-order valence-corrected chi connectivity index (χ1v) is 8.50. The van der Waals surface area contributed by atoms with Gasteiger partial charge in [0.1, 0.15) is 0 Å². The molecule has 1 atom stereocenters. The summed E-state index contributed by atoms with van der Waals surface area (Å²) in [6, 6.07) is 14.3. The van der Waals surface area contributed by atoms with Crippen molar-refractivity contribution in [1.29, 1.82) is 0 Å². The number of hydrogen-bond donors (Lipinski definition) is 0. The minimum atomic E-state index is -3.39. The molecule has 0 aliphatic heterocycles. The highest BCUT2D eigenvalue weighted by Crippen LogP contribution is 2.33. The van der Waals surface area contributed by atoms with Crippen LogP contribution < -0.4 is 0 Å². The van der Waals surface area contributed by atoms with Crippen LogP contribution in [0.5, 0.6) is 0 Å². The molecule has 0 N–H and O–H groups in total. The first-order chi connectivity index (χ1) is 9.59. The van der Waals surface area contributed by atoms with Crippen molar-refractivity contribution >= 4 is 9.84 Å². The first-order valence-electron chi connectivity index (χ1n) is 7.02. The van der Waals surface area contributed by atoms with Gasteiger partial charge in [-0.1, -0.05) is 31.2 Å². The van der Waals surface area contributed by atoms with Gasteiger partial charge < -0.3 is 0 Å². The third-order valence-corrected chi connectivity index (χ3v) is 5.86. The Morgan fingerprint density at radius 3 is 2.50 bits per heavy atom. The largest absolute Gasteiger partial charge is 0.219 e. The Morgan fingerprint density at radius 2 is 1.75 bits per heavy atom. The lowest BCUT2D eigenvalue weighted by atomic mass is 9.84. The Kier molecular flexibility index (Phi) is 3.38. The third-order valence-electron chi connectivity index (χ3n) is 4.09. The molecule has 2 nitrogen and oxygen atoms in total. The molecule has 2 aromatic carbocycles. The van der Waals surface area contributed by atoms with E-state index in [-0.39, 0.29) is 0 Å². The predicted octanol–water partition coefficient (Wildman–Crippen LogP) is 3.96. The summed E-state index contributed by atoms with van der Waals surface area (Å²) in [6.07, 6.45) is 3.32. The summed E-state index contributed by atoms with van der Waals surface area (Å²) < 4.78 is 25.2. The van der Waals surface area contributed by atoms with Crippen LogP contribution in [-0.4, -0.2) is 8.42 Å². The Bertz CT molecular complexity index is 718. The van der Waals surface area contributed by atoms with Gasteiger partial charge in [0.2, 0.25) is 9.84 Å². The van der Waals surface area contributed by atoms with Crippen LogP contribution in [0.4, 0.5) is 0 Å². The molecule has 3 rings (SSSR count). The van der Waals surface area contributed by atoms with E-state index in [1.54, 1.807) is 30.3 Å². The van der Waals surface area contributed by atoms with Crippen molar-refractivity contribution in [2.75, 3.05) is 0 Å². The molecule has 0 saturated carbocycles. The average Bonchev–Trinajstić information content (AvgIpc) is 2.48. The van der Waals surface area contributed by atoms with Crippen molar-refractivity contribution < 1.29 is 8.42 Å². The summed E-state index contributed by atoms with van der Waals surface area (Å²) in [6.45, 7) is 2.21. The second-order valence-corrected chi connectivity index (χ2v) is 7.42. The van der Waals surface area contributed by atoms with Crippen LogP contribution in [0.3, 0.4) is 0 Å². The highest BCUT2D eigenvalue weighted by molar-refractivity contribution is 7.91. The topological polar surface area (TPSA) is 34.1 Å². The van der Waals surface area contributed by atoms with E-state index in [0.29, 0.717) is 15.7 Å². The van der Waals surface area contributed by atoms with Crippen molar-refractivity contribution in [3.8, 4) is 0 Å². The predicted molar refractivity (Wildman–Crippen MR) is 79.7 cm³/mol. The van der Waals surface area contributed by atoms with Gasteiger partial charge in [0.25, 0.3) is 0 Å². The van der Waals surface area contributed by atoms with E-state index in [1.165, 1.54) is 17.5 Å². The van der Waals surface area contributed by atoms with E-state index >= 15 is 0 Å². The Morgan fingerprint density at radius 1 is 1.00 bits per heavy atom. The molecule has 0 heterocycles. The van der Waals surface area contributed by atoms with Gasteiger partial charge in [0.15, 0.2) is 0 Å². The molecule has 0 radical (unpaired) electrons. The van der Waals surface area contributed by atoms with Crippen LogP contribution in [0.25, 0.3) is 0 Å². The number of benzene rings is 2. The highest BCUT2D eigenvalue weighted by atomic mass is 32.2. The molecule has 20 heavy (non-hydrogen) atoms. The zero-order valence-corrected chi connectivity index (χ0v) is 12.4. The van der Waals surface area contributed by atoms with E-state index < -0.39 is 9.84 Å². The van der Waals surface area contributed by atoms with Gasteiger partial charge in [-0.2, -0.15) is 0 Å². The van der Waals surface area contributed by atoms with Crippen LogP contribution in [0.1, 0.15) is 36.8 Å². The van der Waals surface area contributed by atoms with Crippen molar-refractivity contribution in [3.05, 3.63) is 59.7 Å². The molecule has 0 amide bonds. The summed E-state index contributed by atoms with van der Waals surface area (Å²) >= 11 is 0. The van der Waals surface area contributed by atoms with Crippen molar-refractivity contribution in [1.82, 2.24) is 0 Å². The average molecular weight is 286 g/mol. The first kappa shape index (κ1) is 13.4. The zero-order valence-electron chi connectivity index (χ0n) is 11.5. The standard InChI is InChI=1S/C17H18O2S/c1-13-6-5-7-14-12-16(10-11-17(13)14)20(18,19)15-8-3-2-4-9-15/h2-4,8-13H,5-7H2,1H3. The Balaban J connectivity index is 2.08.